The molecule has 3 atom stereocenters. The van der Waals surface area contributed by atoms with Crippen molar-refractivity contribution in [1.29, 1.82) is 0 Å². The number of carbonyl (C=O) groups is 1. The molecule has 2 aliphatic rings. The van der Waals surface area contributed by atoms with Gasteiger partial charge in [-0.2, -0.15) is 0 Å². The fraction of sp³-hybridized carbons (Fsp3) is 0.933. The zero-order valence-electron chi connectivity index (χ0n) is 12.1. The van der Waals surface area contributed by atoms with Gasteiger partial charge < -0.3 is 15.3 Å². The highest BCUT2D eigenvalue weighted by atomic mass is 16.3. The van der Waals surface area contributed by atoms with Gasteiger partial charge in [0.2, 0.25) is 5.91 Å². The number of hydrogen-bond donors (Lipinski definition) is 2. The molecule has 0 aromatic heterocycles. The molecule has 2 fully saturated rings. The molecule has 110 valence electrons. The average Bonchev–Trinajstić information content (AvgIpc) is 2.45. The van der Waals surface area contributed by atoms with Crippen LogP contribution in [-0.4, -0.2) is 47.7 Å². The topological polar surface area (TPSA) is 52.6 Å². The van der Waals surface area contributed by atoms with Gasteiger partial charge in [0.05, 0.1) is 12.1 Å². The van der Waals surface area contributed by atoms with Crippen molar-refractivity contribution in [2.24, 2.45) is 0 Å². The van der Waals surface area contributed by atoms with Crippen molar-refractivity contribution in [2.75, 3.05) is 13.6 Å². The van der Waals surface area contributed by atoms with Crippen LogP contribution in [0.5, 0.6) is 0 Å². The number of hydrogen-bond acceptors (Lipinski definition) is 3. The first-order valence-electron chi connectivity index (χ1n) is 7.85. The minimum absolute atomic E-state index is 0.0422. The molecular weight excluding hydrogens is 240 g/mol. The van der Waals surface area contributed by atoms with Crippen LogP contribution in [0.25, 0.3) is 0 Å². The summed E-state index contributed by atoms with van der Waals surface area (Å²) in [6, 6.07) is 0.558. The maximum absolute atomic E-state index is 12.2. The normalized spacial score (nSPS) is 32.0. The zero-order valence-corrected chi connectivity index (χ0v) is 12.1. The maximum Gasteiger partial charge on any atom is 0.222 e. The molecule has 0 aromatic carbocycles. The number of aliphatic hydroxyl groups excluding tert-OH is 1. The van der Waals surface area contributed by atoms with Gasteiger partial charge in [-0.05, 0) is 38.6 Å². The van der Waals surface area contributed by atoms with Crippen LogP contribution < -0.4 is 5.32 Å². The van der Waals surface area contributed by atoms with Crippen LogP contribution in [-0.2, 0) is 4.79 Å². The second-order valence-corrected chi connectivity index (χ2v) is 6.11. The number of carbonyl (C=O) groups excluding carboxylic acids is 1. The van der Waals surface area contributed by atoms with Crippen LogP contribution in [0.2, 0.25) is 0 Å². The van der Waals surface area contributed by atoms with E-state index in [4.69, 9.17) is 0 Å². The quantitative estimate of drug-likeness (QED) is 0.815. The minimum atomic E-state index is -0.324. The van der Waals surface area contributed by atoms with Gasteiger partial charge in [0, 0.05) is 19.5 Å². The molecule has 1 saturated carbocycles. The number of amides is 1. The van der Waals surface area contributed by atoms with E-state index in [1.807, 2.05) is 7.05 Å². The highest BCUT2D eigenvalue weighted by Gasteiger charge is 2.29. The predicted molar refractivity (Wildman–Crippen MR) is 75.9 cm³/mol. The lowest BCUT2D eigenvalue weighted by molar-refractivity contribution is -0.135. The van der Waals surface area contributed by atoms with Crippen molar-refractivity contribution in [3.63, 3.8) is 0 Å². The molecule has 0 radical (unpaired) electrons. The number of piperidine rings is 1. The Labute approximate surface area is 116 Å². The summed E-state index contributed by atoms with van der Waals surface area (Å²) in [6.07, 6.45) is 8.97. The van der Waals surface area contributed by atoms with Crippen molar-refractivity contribution in [3.05, 3.63) is 0 Å². The Kier molecular flexibility index (Phi) is 5.64. The third-order valence-corrected chi connectivity index (χ3v) is 4.70. The van der Waals surface area contributed by atoms with Crippen LogP contribution in [0.3, 0.4) is 0 Å². The number of rotatable bonds is 4. The number of aliphatic hydroxyl groups is 1. The van der Waals surface area contributed by atoms with E-state index in [1.165, 1.54) is 19.3 Å². The summed E-state index contributed by atoms with van der Waals surface area (Å²) >= 11 is 0. The molecule has 1 saturated heterocycles. The number of nitrogens with one attached hydrogen (secondary N) is 1. The molecule has 2 N–H and O–H groups in total. The minimum Gasteiger partial charge on any atom is -0.391 e. The third kappa shape index (κ3) is 4.18. The number of nitrogens with zero attached hydrogens (tertiary/aromatic N) is 1. The van der Waals surface area contributed by atoms with Gasteiger partial charge in [0.15, 0.2) is 0 Å². The Balaban J connectivity index is 1.74. The van der Waals surface area contributed by atoms with Crippen molar-refractivity contribution in [3.8, 4) is 0 Å². The standard InChI is InChI=1S/C15H28N2O2/c1-17(13-7-2-3-8-14(13)18)15(19)10-9-12-6-4-5-11-16-12/h12-14,16,18H,2-11H2,1H3. The predicted octanol–water partition coefficient (Wildman–Crippen LogP) is 1.67. The summed E-state index contributed by atoms with van der Waals surface area (Å²) in [7, 11) is 1.86. The second-order valence-electron chi connectivity index (χ2n) is 6.11. The Hall–Kier alpha value is -0.610. The van der Waals surface area contributed by atoms with Crippen LogP contribution >= 0.6 is 0 Å². The van der Waals surface area contributed by atoms with E-state index >= 15 is 0 Å². The molecule has 19 heavy (non-hydrogen) atoms. The Morgan fingerprint density at radius 1 is 1.21 bits per heavy atom. The molecule has 1 amide bonds. The highest BCUT2D eigenvalue weighted by Crippen LogP contribution is 2.23. The molecule has 0 bridgehead atoms. The average molecular weight is 268 g/mol. The molecule has 4 heteroatoms. The summed E-state index contributed by atoms with van der Waals surface area (Å²) in [5.41, 5.74) is 0. The van der Waals surface area contributed by atoms with E-state index in [0.717, 1.165) is 38.6 Å². The van der Waals surface area contributed by atoms with Crippen LogP contribution in [0, 0.1) is 0 Å². The smallest absolute Gasteiger partial charge is 0.222 e. The summed E-state index contributed by atoms with van der Waals surface area (Å²) in [4.78, 5) is 14.0. The summed E-state index contributed by atoms with van der Waals surface area (Å²) in [5, 5.41) is 13.5. The maximum atomic E-state index is 12.2. The van der Waals surface area contributed by atoms with E-state index in [-0.39, 0.29) is 18.1 Å². The summed E-state index contributed by atoms with van der Waals surface area (Å²) < 4.78 is 0. The fourth-order valence-electron chi connectivity index (χ4n) is 3.37. The van der Waals surface area contributed by atoms with Gasteiger partial charge in [-0.25, -0.2) is 0 Å². The van der Waals surface area contributed by atoms with Crippen LogP contribution in [0.15, 0.2) is 0 Å². The van der Waals surface area contributed by atoms with Crippen molar-refractivity contribution in [1.82, 2.24) is 10.2 Å². The van der Waals surface area contributed by atoms with E-state index in [9.17, 15) is 9.90 Å². The highest BCUT2D eigenvalue weighted by molar-refractivity contribution is 5.76. The molecule has 3 unspecified atom stereocenters. The van der Waals surface area contributed by atoms with E-state index < -0.39 is 0 Å². The van der Waals surface area contributed by atoms with Gasteiger partial charge in [-0.1, -0.05) is 19.3 Å². The first kappa shape index (κ1) is 14.8. The Bertz CT molecular complexity index is 290. The van der Waals surface area contributed by atoms with Gasteiger partial charge >= 0.3 is 0 Å². The molecule has 4 nitrogen and oxygen atoms in total. The van der Waals surface area contributed by atoms with Gasteiger partial charge in [0.25, 0.3) is 0 Å². The van der Waals surface area contributed by atoms with Gasteiger partial charge in [-0.3, -0.25) is 4.79 Å². The Morgan fingerprint density at radius 2 is 1.95 bits per heavy atom. The van der Waals surface area contributed by atoms with Crippen molar-refractivity contribution < 1.29 is 9.90 Å². The SMILES string of the molecule is CN(C(=O)CCC1CCCCN1)C1CCCCC1O. The first-order chi connectivity index (χ1) is 9.18. The second kappa shape index (κ2) is 7.25. The lowest BCUT2D eigenvalue weighted by Gasteiger charge is -2.35. The summed E-state index contributed by atoms with van der Waals surface area (Å²) in [5.74, 6) is 0.193. The van der Waals surface area contributed by atoms with Crippen molar-refractivity contribution >= 4 is 5.91 Å². The zero-order chi connectivity index (χ0) is 13.7. The van der Waals surface area contributed by atoms with Crippen LogP contribution in [0.1, 0.15) is 57.8 Å². The fourth-order valence-corrected chi connectivity index (χ4v) is 3.37. The first-order valence-corrected chi connectivity index (χ1v) is 7.85. The number of likely N-dealkylation sites (N-methyl/N-ethyl adjacent to an activating group) is 1. The molecule has 1 heterocycles. The van der Waals surface area contributed by atoms with E-state index in [1.54, 1.807) is 4.90 Å². The molecular formula is C15H28N2O2. The molecule has 1 aliphatic heterocycles. The molecule has 1 aliphatic carbocycles. The van der Waals surface area contributed by atoms with Crippen LogP contribution in [0.4, 0.5) is 0 Å². The van der Waals surface area contributed by atoms with Crippen molar-refractivity contribution in [2.45, 2.75) is 76.0 Å². The summed E-state index contributed by atoms with van der Waals surface area (Å²) in [6.45, 7) is 1.09. The van der Waals surface area contributed by atoms with Gasteiger partial charge in [0.1, 0.15) is 0 Å². The lowest BCUT2D eigenvalue weighted by atomic mass is 9.91. The Morgan fingerprint density at radius 3 is 2.63 bits per heavy atom. The van der Waals surface area contributed by atoms with E-state index in [2.05, 4.69) is 5.32 Å². The lowest BCUT2D eigenvalue weighted by Crippen LogP contribution is -2.46. The molecule has 0 aromatic rings. The monoisotopic (exact) mass is 268 g/mol. The third-order valence-electron chi connectivity index (χ3n) is 4.70. The van der Waals surface area contributed by atoms with E-state index in [0.29, 0.717) is 12.5 Å². The van der Waals surface area contributed by atoms with Gasteiger partial charge in [-0.15, -0.1) is 0 Å². The molecule has 2 rings (SSSR count). The molecule has 0 spiro atoms. The largest absolute Gasteiger partial charge is 0.391 e.